The highest BCUT2D eigenvalue weighted by molar-refractivity contribution is 4.77. The van der Waals surface area contributed by atoms with Crippen LogP contribution >= 0.6 is 0 Å². The van der Waals surface area contributed by atoms with E-state index in [1.807, 2.05) is 0 Å². The van der Waals surface area contributed by atoms with E-state index in [0.29, 0.717) is 0 Å². The monoisotopic (exact) mass is 544 g/mol. The first kappa shape index (κ1) is 32.0. The van der Waals surface area contributed by atoms with E-state index in [0.717, 1.165) is 0 Å². The molecule has 17 heteroatoms. The smallest absolute Gasteiger partial charge is 0.366 e. The fourth-order valence-electron chi connectivity index (χ4n) is 2.41. The zero-order valence-corrected chi connectivity index (χ0v) is 18.1. The molecule has 0 saturated carbocycles. The van der Waals surface area contributed by atoms with Crippen LogP contribution in [0.4, 0.5) is 43.9 Å². The number of rotatable bonds is 20. The minimum absolute atomic E-state index is 0.220. The second-order valence-corrected chi connectivity index (χ2v) is 7.92. The van der Waals surface area contributed by atoms with Crippen molar-refractivity contribution < 1.29 is 77.8 Å². The van der Waals surface area contributed by atoms with Gasteiger partial charge in [0.05, 0.1) is 33.0 Å². The van der Waals surface area contributed by atoms with E-state index in [2.05, 4.69) is 23.7 Å². The average Bonchev–Trinajstić information content (AvgIpc) is 3.45. The number of epoxide rings is 1. The molecule has 0 amide bonds. The molecule has 1 aliphatic rings. The molecule has 2 unspecified atom stereocenters. The third-order valence-electron chi connectivity index (χ3n) is 4.01. The van der Waals surface area contributed by atoms with Crippen LogP contribution in [0.2, 0.25) is 0 Å². The molecule has 1 heterocycles. The third kappa shape index (κ3) is 15.7. The molecule has 0 bridgehead atoms. The van der Waals surface area contributed by atoms with Crippen molar-refractivity contribution in [3.8, 4) is 0 Å². The largest absolute Gasteiger partial charge is 0.394 e. The maximum atomic E-state index is 13.7. The molecule has 0 radical (unpaired) electrons. The molecule has 1 saturated heterocycles. The van der Waals surface area contributed by atoms with Gasteiger partial charge in [-0.05, 0) is 0 Å². The number of aliphatic hydroxyl groups is 2. The molecular formula is C18H26F10O7. The summed E-state index contributed by atoms with van der Waals surface area (Å²) in [7, 11) is 0. The number of alkyl halides is 10. The Kier molecular flexibility index (Phi) is 11.9. The summed E-state index contributed by atoms with van der Waals surface area (Å²) in [4.78, 5) is 0. The molecule has 1 aliphatic heterocycles. The minimum atomic E-state index is -5.32. The fourth-order valence-corrected chi connectivity index (χ4v) is 2.41. The highest BCUT2D eigenvalue weighted by Gasteiger charge is 2.54. The Morgan fingerprint density at radius 1 is 0.771 bits per heavy atom. The van der Waals surface area contributed by atoms with E-state index in [9.17, 15) is 43.9 Å². The van der Waals surface area contributed by atoms with Gasteiger partial charge >= 0.3 is 12.2 Å². The predicted molar refractivity (Wildman–Crippen MR) is 95.0 cm³/mol. The van der Waals surface area contributed by atoms with Crippen molar-refractivity contribution >= 4 is 0 Å². The normalized spacial score (nSPS) is 18.7. The molecule has 2 atom stereocenters. The first-order chi connectivity index (χ1) is 15.9. The van der Waals surface area contributed by atoms with E-state index >= 15 is 0 Å². The Morgan fingerprint density at radius 2 is 1.26 bits per heavy atom. The molecular weight excluding hydrogens is 518 g/mol. The summed E-state index contributed by atoms with van der Waals surface area (Å²) >= 11 is 0. The van der Waals surface area contributed by atoms with Gasteiger partial charge in [-0.2, -0.15) is 17.6 Å². The molecule has 0 aromatic rings. The van der Waals surface area contributed by atoms with Gasteiger partial charge < -0.3 is 29.2 Å². The maximum Gasteiger partial charge on any atom is 0.366 e. The van der Waals surface area contributed by atoms with Gasteiger partial charge in [0.1, 0.15) is 44.9 Å². The Hall–Kier alpha value is -0.980. The molecule has 7 nitrogen and oxygen atoms in total. The molecule has 1 fully saturated rings. The van der Waals surface area contributed by atoms with Gasteiger partial charge in [-0.1, -0.05) is 0 Å². The Balaban J connectivity index is 2.43. The molecule has 0 aromatic carbocycles. The fraction of sp³-hybridized carbons (Fsp3) is 1.00. The number of hydrogen-bond donors (Lipinski definition) is 2. The zero-order valence-electron chi connectivity index (χ0n) is 18.1. The summed E-state index contributed by atoms with van der Waals surface area (Å²) in [5.74, 6) is -12.7. The Labute approximate surface area is 193 Å². The van der Waals surface area contributed by atoms with Gasteiger partial charge in [0, 0.05) is 6.42 Å². The molecule has 0 spiro atoms. The molecule has 210 valence electrons. The van der Waals surface area contributed by atoms with Crippen molar-refractivity contribution in [3.05, 3.63) is 0 Å². The Bertz CT molecular complexity index is 620. The van der Waals surface area contributed by atoms with E-state index in [1.54, 1.807) is 0 Å². The molecule has 0 aromatic heterocycles. The topological polar surface area (TPSA) is 89.9 Å². The van der Waals surface area contributed by atoms with Crippen molar-refractivity contribution in [1.82, 2.24) is 0 Å². The summed E-state index contributed by atoms with van der Waals surface area (Å²) in [6.07, 6.45) is -18.8. The van der Waals surface area contributed by atoms with Crippen LogP contribution in [0.15, 0.2) is 0 Å². The van der Waals surface area contributed by atoms with Crippen LogP contribution in [-0.2, 0) is 23.7 Å². The first-order valence-electron chi connectivity index (χ1n) is 10.1. The van der Waals surface area contributed by atoms with E-state index in [4.69, 9.17) is 10.2 Å². The molecule has 0 aliphatic carbocycles. The van der Waals surface area contributed by atoms with Gasteiger partial charge in [0.2, 0.25) is 0 Å². The second kappa shape index (κ2) is 13.0. The van der Waals surface area contributed by atoms with Crippen LogP contribution in [-0.4, -0.2) is 105 Å². The first-order valence-corrected chi connectivity index (χ1v) is 10.1. The van der Waals surface area contributed by atoms with Crippen LogP contribution < -0.4 is 0 Å². The third-order valence-corrected chi connectivity index (χ3v) is 4.01. The Morgan fingerprint density at radius 3 is 1.74 bits per heavy atom. The van der Waals surface area contributed by atoms with Crippen molar-refractivity contribution in [2.24, 2.45) is 0 Å². The zero-order chi connectivity index (χ0) is 27.0. The molecule has 1 rings (SSSR count). The van der Waals surface area contributed by atoms with E-state index in [-0.39, 0.29) is 13.2 Å². The average molecular weight is 544 g/mol. The summed E-state index contributed by atoms with van der Waals surface area (Å²) in [5.41, 5.74) is 0. The lowest BCUT2D eigenvalue weighted by Crippen LogP contribution is -2.43. The lowest BCUT2D eigenvalue weighted by molar-refractivity contribution is -0.398. The predicted octanol–water partition coefficient (Wildman–Crippen LogP) is 3.07. The quantitative estimate of drug-likeness (QED) is 0.138. The maximum absolute atomic E-state index is 13.7. The SMILES string of the molecule is OCC(O)COCCC(F)(F)COCC(F)(F)CC(F)(F)OC(F)(F)CC(F)(F)COCC1CO1. The van der Waals surface area contributed by atoms with Gasteiger partial charge in [0.25, 0.3) is 17.8 Å². The minimum Gasteiger partial charge on any atom is -0.394 e. The van der Waals surface area contributed by atoms with Crippen LogP contribution in [0.3, 0.4) is 0 Å². The standard InChI is InChI=1S/C18H26F10O7/c19-14(20,1-2-31-4-12(30)3-29)9-33-11-16(23,24)8-18(27,28)35-17(25,26)7-15(21,22)10-32-5-13-6-34-13/h12-13,29-30H,1-11H2. The second-order valence-electron chi connectivity index (χ2n) is 7.92. The summed E-state index contributed by atoms with van der Waals surface area (Å²) in [6, 6.07) is 0. The van der Waals surface area contributed by atoms with Crippen LogP contribution in [0.1, 0.15) is 19.3 Å². The summed E-state index contributed by atoms with van der Waals surface area (Å²) < 4.78 is 156. The van der Waals surface area contributed by atoms with Crippen molar-refractivity contribution in [2.75, 3.05) is 52.9 Å². The number of aliphatic hydroxyl groups excluding tert-OH is 2. The van der Waals surface area contributed by atoms with Crippen LogP contribution in [0, 0.1) is 0 Å². The highest BCUT2D eigenvalue weighted by Crippen LogP contribution is 2.40. The van der Waals surface area contributed by atoms with Gasteiger partial charge in [-0.3, -0.25) is 4.74 Å². The van der Waals surface area contributed by atoms with Crippen molar-refractivity contribution in [2.45, 2.75) is 61.5 Å². The summed E-state index contributed by atoms with van der Waals surface area (Å²) in [5, 5.41) is 17.5. The van der Waals surface area contributed by atoms with Crippen molar-refractivity contribution in [1.29, 1.82) is 0 Å². The van der Waals surface area contributed by atoms with E-state index < -0.39 is 101 Å². The van der Waals surface area contributed by atoms with E-state index in [1.165, 1.54) is 0 Å². The molecule has 35 heavy (non-hydrogen) atoms. The lowest BCUT2D eigenvalue weighted by Gasteiger charge is -2.29. The van der Waals surface area contributed by atoms with Crippen molar-refractivity contribution in [3.63, 3.8) is 0 Å². The number of halogens is 10. The van der Waals surface area contributed by atoms with Gasteiger partial charge in [-0.15, -0.1) is 0 Å². The van der Waals surface area contributed by atoms with Gasteiger partial charge in [-0.25, -0.2) is 26.3 Å². The lowest BCUT2D eigenvalue weighted by atomic mass is 10.2. The molecule has 2 N–H and O–H groups in total. The highest BCUT2D eigenvalue weighted by atomic mass is 19.3. The number of ether oxygens (including phenoxy) is 5. The van der Waals surface area contributed by atoms with Crippen LogP contribution in [0.25, 0.3) is 0 Å². The van der Waals surface area contributed by atoms with Gasteiger partial charge in [0.15, 0.2) is 0 Å². The van der Waals surface area contributed by atoms with Crippen LogP contribution in [0.5, 0.6) is 0 Å². The summed E-state index contributed by atoms with van der Waals surface area (Å²) in [6.45, 7) is -7.26. The number of hydrogen-bond acceptors (Lipinski definition) is 7.